The van der Waals surface area contributed by atoms with Gasteiger partial charge in [-0.3, -0.25) is 14.5 Å². The average Bonchev–Trinajstić information content (AvgIpc) is 3.02. The average molecular weight is 344 g/mol. The molecule has 26 heavy (non-hydrogen) atoms. The van der Waals surface area contributed by atoms with Crippen molar-refractivity contribution in [1.82, 2.24) is 19.7 Å². The van der Waals surface area contributed by atoms with Crippen LogP contribution in [0.25, 0.3) is 21.8 Å². The quantitative estimate of drug-likeness (QED) is 0.590. The highest BCUT2D eigenvalue weighted by molar-refractivity contribution is 5.92. The second-order valence-electron chi connectivity index (χ2n) is 6.11. The van der Waals surface area contributed by atoms with E-state index in [2.05, 4.69) is 26.5 Å². The fourth-order valence-electron chi connectivity index (χ4n) is 3.03. The largest absolute Gasteiger partial charge is 0.338 e. The summed E-state index contributed by atoms with van der Waals surface area (Å²) in [5, 5.41) is 18.3. The minimum absolute atomic E-state index is 0.138. The molecule has 7 heteroatoms. The third kappa shape index (κ3) is 2.67. The first kappa shape index (κ1) is 15.8. The summed E-state index contributed by atoms with van der Waals surface area (Å²) < 4.78 is 1.72. The summed E-state index contributed by atoms with van der Waals surface area (Å²) in [7, 11) is 0. The summed E-state index contributed by atoms with van der Waals surface area (Å²) in [5.41, 5.74) is 2.19. The van der Waals surface area contributed by atoms with Crippen LogP contribution in [0.4, 0.5) is 11.5 Å². The number of nitrogens with one attached hydrogen (secondary N) is 2. The number of hydrogen-bond donors (Lipinski definition) is 2. The van der Waals surface area contributed by atoms with Crippen LogP contribution in [0.1, 0.15) is 19.4 Å². The second kappa shape index (κ2) is 6.33. The summed E-state index contributed by atoms with van der Waals surface area (Å²) in [4.78, 5) is 19.4. The Bertz CT molecular complexity index is 1200. The normalized spacial score (nSPS) is 12.2. The van der Waals surface area contributed by atoms with Gasteiger partial charge in [-0.2, -0.15) is 10.4 Å². The van der Waals surface area contributed by atoms with E-state index in [4.69, 9.17) is 5.26 Å². The first-order valence-corrected chi connectivity index (χ1v) is 8.26. The maximum atomic E-state index is 12.4. The molecular weight excluding hydrogens is 328 g/mol. The topological polar surface area (TPSA) is 99.4 Å². The Morgan fingerprint density at radius 1 is 1.35 bits per heavy atom. The van der Waals surface area contributed by atoms with E-state index in [0.29, 0.717) is 23.1 Å². The lowest BCUT2D eigenvalue weighted by Crippen LogP contribution is -2.08. The predicted octanol–water partition coefficient (Wildman–Crippen LogP) is 3.49. The number of fused-ring (bicyclic) bond motifs is 2. The highest BCUT2D eigenvalue weighted by atomic mass is 16.1. The third-order valence-corrected chi connectivity index (χ3v) is 4.30. The monoisotopic (exact) mass is 344 g/mol. The van der Waals surface area contributed by atoms with Crippen molar-refractivity contribution in [2.24, 2.45) is 0 Å². The number of pyridine rings is 2. The first-order valence-electron chi connectivity index (χ1n) is 8.26. The highest BCUT2D eigenvalue weighted by Crippen LogP contribution is 2.27. The van der Waals surface area contributed by atoms with Gasteiger partial charge >= 0.3 is 0 Å². The third-order valence-electron chi connectivity index (χ3n) is 4.30. The van der Waals surface area contributed by atoms with Crippen LogP contribution >= 0.6 is 0 Å². The molecule has 4 aromatic rings. The Kier molecular flexibility index (Phi) is 3.86. The SMILES string of the molecule is C[C@H](CC#N)n1nc(Nc2ccc3ncccc3c2)c2c(=O)[nH]ccc21. The molecule has 3 heterocycles. The van der Waals surface area contributed by atoms with Gasteiger partial charge < -0.3 is 10.3 Å². The number of benzene rings is 1. The molecule has 3 aromatic heterocycles. The molecule has 0 saturated heterocycles. The van der Waals surface area contributed by atoms with Crippen molar-refractivity contribution in [3.63, 3.8) is 0 Å². The molecule has 0 unspecified atom stereocenters. The van der Waals surface area contributed by atoms with E-state index in [1.54, 1.807) is 23.1 Å². The molecule has 0 amide bonds. The van der Waals surface area contributed by atoms with Gasteiger partial charge in [-0.05, 0) is 37.3 Å². The molecule has 0 fully saturated rings. The maximum Gasteiger partial charge on any atom is 0.261 e. The van der Waals surface area contributed by atoms with Crippen molar-refractivity contribution in [1.29, 1.82) is 5.26 Å². The van der Waals surface area contributed by atoms with Crippen molar-refractivity contribution in [3.05, 3.63) is 59.1 Å². The fraction of sp³-hybridized carbons (Fsp3) is 0.158. The number of H-pyrrole nitrogens is 1. The Hall–Kier alpha value is -3.66. The molecule has 0 spiro atoms. The molecule has 1 aromatic carbocycles. The fourth-order valence-corrected chi connectivity index (χ4v) is 3.03. The van der Waals surface area contributed by atoms with Gasteiger partial charge in [0.1, 0.15) is 5.39 Å². The number of nitriles is 1. The Morgan fingerprint density at radius 3 is 3.08 bits per heavy atom. The summed E-state index contributed by atoms with van der Waals surface area (Å²) in [6, 6.07) is 13.4. The zero-order valence-corrected chi connectivity index (χ0v) is 14.1. The van der Waals surface area contributed by atoms with E-state index in [-0.39, 0.29) is 11.6 Å². The maximum absolute atomic E-state index is 12.4. The van der Waals surface area contributed by atoms with Gasteiger partial charge in [0.25, 0.3) is 5.56 Å². The van der Waals surface area contributed by atoms with Crippen molar-refractivity contribution in [3.8, 4) is 6.07 Å². The molecule has 0 bridgehead atoms. The van der Waals surface area contributed by atoms with E-state index in [0.717, 1.165) is 16.6 Å². The van der Waals surface area contributed by atoms with Gasteiger partial charge in [-0.1, -0.05) is 6.07 Å². The van der Waals surface area contributed by atoms with Crippen LogP contribution in [0.15, 0.2) is 53.6 Å². The minimum atomic E-state index is -0.220. The van der Waals surface area contributed by atoms with Crippen LogP contribution in [0, 0.1) is 11.3 Å². The van der Waals surface area contributed by atoms with Gasteiger partial charge in [0.15, 0.2) is 5.82 Å². The predicted molar refractivity (Wildman–Crippen MR) is 100 cm³/mol. The molecule has 4 rings (SSSR count). The Labute approximate surface area is 148 Å². The molecule has 0 aliphatic carbocycles. The van der Waals surface area contributed by atoms with Crippen LogP contribution < -0.4 is 10.9 Å². The van der Waals surface area contributed by atoms with Crippen LogP contribution in [0.3, 0.4) is 0 Å². The van der Waals surface area contributed by atoms with Gasteiger partial charge in [0, 0.05) is 23.5 Å². The van der Waals surface area contributed by atoms with E-state index < -0.39 is 0 Å². The molecule has 2 N–H and O–H groups in total. The number of hydrogen-bond acceptors (Lipinski definition) is 5. The molecule has 7 nitrogen and oxygen atoms in total. The Morgan fingerprint density at radius 2 is 2.23 bits per heavy atom. The number of aromatic nitrogens is 4. The lowest BCUT2D eigenvalue weighted by molar-refractivity contribution is 0.518. The molecule has 0 aliphatic rings. The van der Waals surface area contributed by atoms with Gasteiger partial charge in [0.05, 0.1) is 29.6 Å². The first-order chi connectivity index (χ1) is 12.7. The lowest BCUT2D eigenvalue weighted by Gasteiger charge is -2.09. The lowest BCUT2D eigenvalue weighted by atomic mass is 10.2. The molecule has 128 valence electrons. The van der Waals surface area contributed by atoms with E-state index in [1.165, 1.54) is 0 Å². The van der Waals surface area contributed by atoms with Gasteiger partial charge in [-0.15, -0.1) is 0 Å². The summed E-state index contributed by atoms with van der Waals surface area (Å²) in [5.74, 6) is 0.467. The van der Waals surface area contributed by atoms with E-state index >= 15 is 0 Å². The van der Waals surface area contributed by atoms with Crippen LogP contribution in [0.2, 0.25) is 0 Å². The highest BCUT2D eigenvalue weighted by Gasteiger charge is 2.17. The summed E-state index contributed by atoms with van der Waals surface area (Å²) >= 11 is 0. The van der Waals surface area contributed by atoms with Gasteiger partial charge in [-0.25, -0.2) is 0 Å². The number of aromatic amines is 1. The number of rotatable bonds is 4. The van der Waals surface area contributed by atoms with Crippen LogP contribution in [-0.2, 0) is 0 Å². The Balaban J connectivity index is 1.82. The van der Waals surface area contributed by atoms with Gasteiger partial charge in [0.2, 0.25) is 0 Å². The molecular formula is C19H16N6O. The van der Waals surface area contributed by atoms with Crippen LogP contribution in [0.5, 0.6) is 0 Å². The van der Waals surface area contributed by atoms with Crippen LogP contribution in [-0.4, -0.2) is 19.7 Å². The molecule has 1 atom stereocenters. The van der Waals surface area contributed by atoms with E-state index in [9.17, 15) is 4.79 Å². The summed E-state index contributed by atoms with van der Waals surface area (Å²) in [6.07, 6.45) is 3.65. The molecule has 0 saturated carbocycles. The minimum Gasteiger partial charge on any atom is -0.338 e. The van der Waals surface area contributed by atoms with Crippen molar-refractivity contribution < 1.29 is 0 Å². The smallest absolute Gasteiger partial charge is 0.261 e. The second-order valence-corrected chi connectivity index (χ2v) is 6.11. The zero-order valence-electron chi connectivity index (χ0n) is 14.1. The molecule has 0 aliphatic heterocycles. The standard InChI is InChI=1S/C19H16N6O/c1-12(6-8-20)25-16-7-10-22-19(26)17(16)18(24-25)23-14-4-5-15-13(11-14)3-2-9-21-15/h2-5,7,9-12H,6H2,1H3,(H,22,26)(H,23,24)/t12-/m1/s1. The molecule has 0 radical (unpaired) electrons. The van der Waals surface area contributed by atoms with Crippen molar-refractivity contribution in [2.45, 2.75) is 19.4 Å². The van der Waals surface area contributed by atoms with E-state index in [1.807, 2.05) is 37.3 Å². The van der Waals surface area contributed by atoms with Crippen molar-refractivity contribution >= 4 is 33.3 Å². The van der Waals surface area contributed by atoms with Crippen molar-refractivity contribution in [2.75, 3.05) is 5.32 Å². The number of anilines is 2. The zero-order chi connectivity index (χ0) is 18.1. The summed E-state index contributed by atoms with van der Waals surface area (Å²) in [6.45, 7) is 1.91. The number of nitrogens with zero attached hydrogens (tertiary/aromatic N) is 4.